The van der Waals surface area contributed by atoms with E-state index in [9.17, 15) is 14.7 Å². The first-order chi connectivity index (χ1) is 24.8. The van der Waals surface area contributed by atoms with Crippen LogP contribution in [-0.2, 0) is 11.3 Å². The number of carbonyl (C=O) groups excluding carboxylic acids is 1. The summed E-state index contributed by atoms with van der Waals surface area (Å²) in [6.45, 7) is 0.216. The predicted octanol–water partition coefficient (Wildman–Crippen LogP) is 6.06. The van der Waals surface area contributed by atoms with Crippen molar-refractivity contribution in [2.75, 3.05) is 11.1 Å². The summed E-state index contributed by atoms with van der Waals surface area (Å²) in [7, 11) is 0. The third-order valence-corrected chi connectivity index (χ3v) is 8.52. The number of phenols is 1. The number of aromatic amines is 1. The highest BCUT2D eigenvalue weighted by Crippen LogP contribution is 2.33. The molecule has 7 rings (SSSR count). The van der Waals surface area contributed by atoms with Crippen molar-refractivity contribution in [1.82, 2.24) is 34.7 Å². The fourth-order valence-electron chi connectivity index (χ4n) is 5.86. The van der Waals surface area contributed by atoms with Crippen LogP contribution in [0.15, 0.2) is 102 Å². The van der Waals surface area contributed by atoms with Gasteiger partial charge in [0.15, 0.2) is 5.65 Å². The number of carbonyl (C=O) groups is 1. The van der Waals surface area contributed by atoms with Crippen LogP contribution in [0, 0.1) is 11.8 Å². The SMILES string of the molecule is Nc1ncnc2c1c(-c1ccc(O)cc1)nn2CC(c1cccc(Cl)c1)c1nc2cccc(C#CCCCC(=O)Nc3ccncc3)c2c(=O)[nH]1. The maximum absolute atomic E-state index is 13.8. The number of nitrogens with zero attached hydrogens (tertiary/aromatic N) is 6. The molecule has 0 aliphatic heterocycles. The van der Waals surface area contributed by atoms with Crippen molar-refractivity contribution in [2.45, 2.75) is 31.7 Å². The third kappa shape index (κ3) is 7.24. The Hall–Kier alpha value is -6.58. The van der Waals surface area contributed by atoms with Crippen molar-refractivity contribution in [2.24, 2.45) is 0 Å². The average Bonchev–Trinajstić information content (AvgIpc) is 3.50. The van der Waals surface area contributed by atoms with Crippen LogP contribution in [0.2, 0.25) is 5.02 Å². The van der Waals surface area contributed by atoms with Crippen molar-refractivity contribution >= 4 is 50.9 Å². The third-order valence-electron chi connectivity index (χ3n) is 8.28. The summed E-state index contributed by atoms with van der Waals surface area (Å²) in [5, 5.41) is 19.0. The lowest BCUT2D eigenvalue weighted by molar-refractivity contribution is -0.116. The normalized spacial score (nSPS) is 11.6. The fourth-order valence-corrected chi connectivity index (χ4v) is 6.06. The summed E-state index contributed by atoms with van der Waals surface area (Å²) in [4.78, 5) is 46.7. The first kappa shape index (κ1) is 32.9. The van der Waals surface area contributed by atoms with E-state index < -0.39 is 5.92 Å². The van der Waals surface area contributed by atoms with Gasteiger partial charge in [-0.25, -0.2) is 19.6 Å². The van der Waals surface area contributed by atoms with E-state index in [-0.39, 0.29) is 29.6 Å². The number of phenolic OH excluding ortho intramolecular Hbond substituents is 1. The quantitative estimate of drug-likeness (QED) is 0.103. The number of rotatable bonds is 9. The number of unbranched alkanes of at least 4 members (excludes halogenated alkanes) is 1. The molecule has 3 aromatic carbocycles. The van der Waals surface area contributed by atoms with Gasteiger partial charge in [0.1, 0.15) is 29.4 Å². The van der Waals surface area contributed by atoms with E-state index >= 15 is 0 Å². The minimum atomic E-state index is -0.513. The molecular formula is C38H30ClN9O3. The lowest BCUT2D eigenvalue weighted by atomic mass is 9.97. The number of anilines is 2. The lowest BCUT2D eigenvalue weighted by Gasteiger charge is -2.18. The number of fused-ring (bicyclic) bond motifs is 2. The first-order valence-electron chi connectivity index (χ1n) is 16.1. The van der Waals surface area contributed by atoms with Crippen LogP contribution in [0.5, 0.6) is 5.75 Å². The summed E-state index contributed by atoms with van der Waals surface area (Å²) in [5.74, 6) is 6.36. The molecule has 0 saturated carbocycles. The van der Waals surface area contributed by atoms with E-state index in [1.807, 2.05) is 24.3 Å². The summed E-state index contributed by atoms with van der Waals surface area (Å²) >= 11 is 6.45. The smallest absolute Gasteiger partial charge is 0.260 e. The van der Waals surface area contributed by atoms with Crippen molar-refractivity contribution in [3.63, 3.8) is 0 Å². The molecule has 1 atom stereocenters. The van der Waals surface area contributed by atoms with Crippen LogP contribution in [0.1, 0.15) is 42.1 Å². The van der Waals surface area contributed by atoms with E-state index in [0.717, 1.165) is 11.1 Å². The van der Waals surface area contributed by atoms with E-state index in [0.29, 0.717) is 69.0 Å². The van der Waals surface area contributed by atoms with Gasteiger partial charge >= 0.3 is 0 Å². The van der Waals surface area contributed by atoms with Gasteiger partial charge in [0, 0.05) is 47.1 Å². The summed E-state index contributed by atoms with van der Waals surface area (Å²) in [5.41, 5.74) is 10.3. The van der Waals surface area contributed by atoms with E-state index in [1.54, 1.807) is 71.7 Å². The van der Waals surface area contributed by atoms with Gasteiger partial charge in [0.05, 0.1) is 28.8 Å². The van der Waals surface area contributed by atoms with Gasteiger partial charge in [0.2, 0.25) is 5.91 Å². The number of benzene rings is 3. The molecule has 1 amide bonds. The van der Waals surface area contributed by atoms with Crippen LogP contribution in [0.4, 0.5) is 11.5 Å². The Balaban J connectivity index is 1.20. The Morgan fingerprint density at radius 1 is 1.02 bits per heavy atom. The number of pyridine rings is 1. The van der Waals surface area contributed by atoms with Crippen molar-refractivity contribution in [3.05, 3.63) is 130 Å². The molecule has 0 fully saturated rings. The Bertz CT molecular complexity index is 2510. The fraction of sp³-hybridized carbons (Fsp3) is 0.132. The largest absolute Gasteiger partial charge is 0.508 e. The highest BCUT2D eigenvalue weighted by atomic mass is 35.5. The van der Waals surface area contributed by atoms with E-state index in [4.69, 9.17) is 27.4 Å². The molecular weight excluding hydrogens is 666 g/mol. The predicted molar refractivity (Wildman–Crippen MR) is 196 cm³/mol. The van der Waals surface area contributed by atoms with Crippen molar-refractivity contribution < 1.29 is 9.90 Å². The van der Waals surface area contributed by atoms with Crippen LogP contribution in [0.25, 0.3) is 33.2 Å². The Morgan fingerprint density at radius 3 is 2.63 bits per heavy atom. The molecule has 0 bridgehead atoms. The molecule has 13 heteroatoms. The van der Waals surface area contributed by atoms with Gasteiger partial charge in [-0.2, -0.15) is 5.10 Å². The van der Waals surface area contributed by atoms with E-state index in [1.165, 1.54) is 6.33 Å². The lowest BCUT2D eigenvalue weighted by Crippen LogP contribution is -2.20. The molecule has 0 aliphatic rings. The van der Waals surface area contributed by atoms with E-state index in [2.05, 4.69) is 37.1 Å². The number of aromatic nitrogens is 7. The zero-order valence-corrected chi connectivity index (χ0v) is 27.8. The minimum Gasteiger partial charge on any atom is -0.508 e. The Labute approximate surface area is 296 Å². The molecule has 7 aromatic rings. The highest BCUT2D eigenvalue weighted by Gasteiger charge is 2.24. The molecule has 4 aromatic heterocycles. The number of aromatic hydroxyl groups is 1. The molecule has 51 heavy (non-hydrogen) atoms. The second-order valence-electron chi connectivity index (χ2n) is 11.7. The topological polar surface area (TPSA) is 178 Å². The number of nitrogens with two attached hydrogens (primary N) is 1. The Kier molecular flexibility index (Phi) is 9.36. The van der Waals surface area contributed by atoms with Gasteiger partial charge in [-0.15, -0.1) is 0 Å². The Morgan fingerprint density at radius 2 is 1.82 bits per heavy atom. The molecule has 0 aliphatic carbocycles. The maximum Gasteiger partial charge on any atom is 0.260 e. The summed E-state index contributed by atoms with van der Waals surface area (Å²) < 4.78 is 1.71. The highest BCUT2D eigenvalue weighted by molar-refractivity contribution is 6.30. The number of amides is 1. The second-order valence-corrected chi connectivity index (χ2v) is 12.2. The molecule has 252 valence electrons. The molecule has 12 nitrogen and oxygen atoms in total. The van der Waals surface area contributed by atoms with Crippen LogP contribution in [-0.4, -0.2) is 45.7 Å². The van der Waals surface area contributed by atoms with Crippen LogP contribution >= 0.6 is 11.6 Å². The van der Waals surface area contributed by atoms with Crippen molar-refractivity contribution in [3.8, 4) is 28.8 Å². The zero-order valence-electron chi connectivity index (χ0n) is 27.0. The number of H-pyrrole nitrogens is 1. The molecule has 4 heterocycles. The maximum atomic E-state index is 13.8. The second kappa shape index (κ2) is 14.5. The van der Waals surface area contributed by atoms with Gasteiger partial charge in [0.25, 0.3) is 5.56 Å². The zero-order chi connectivity index (χ0) is 35.3. The van der Waals surface area contributed by atoms with Gasteiger partial charge in [-0.1, -0.05) is 41.6 Å². The number of hydrogen-bond acceptors (Lipinski definition) is 9. The van der Waals surface area contributed by atoms with Crippen LogP contribution < -0.4 is 16.6 Å². The monoisotopic (exact) mass is 695 g/mol. The number of halogens is 1. The minimum absolute atomic E-state index is 0.105. The number of nitrogens with one attached hydrogen (secondary N) is 2. The molecule has 0 saturated heterocycles. The molecule has 5 N–H and O–H groups in total. The average molecular weight is 696 g/mol. The number of nitrogen functional groups attached to an aromatic ring is 1. The van der Waals surface area contributed by atoms with Gasteiger partial charge < -0.3 is 21.1 Å². The summed E-state index contributed by atoms with van der Waals surface area (Å²) in [6, 6.07) is 22.8. The molecule has 1 unspecified atom stereocenters. The van der Waals surface area contributed by atoms with Gasteiger partial charge in [-0.3, -0.25) is 14.6 Å². The van der Waals surface area contributed by atoms with Gasteiger partial charge in [-0.05, 0) is 72.6 Å². The standard InChI is InChI=1S/C38H30ClN9O3/c39-26-9-4-8-25(20-26)29(21-48-37-33(35(40)42-22-43-37)34(47-48)24-12-14-28(49)15-13-24)36-45-30-10-5-7-23(32(30)38(51)46-36)6-2-1-3-11-31(50)44-27-16-18-41-19-17-27/h4-5,7-10,12-20,22,29,49H,1,3,11,21H2,(H2,40,42,43)(H,41,44,50)(H,45,46,51). The molecule has 0 spiro atoms. The summed E-state index contributed by atoms with van der Waals surface area (Å²) in [6.07, 6.45) is 5.95. The van der Waals surface area contributed by atoms with Crippen LogP contribution in [0.3, 0.4) is 0 Å². The number of hydrogen-bond donors (Lipinski definition) is 4. The molecule has 0 radical (unpaired) electrons. The first-order valence-corrected chi connectivity index (χ1v) is 16.5. The van der Waals surface area contributed by atoms with Crippen molar-refractivity contribution in [1.29, 1.82) is 0 Å².